The van der Waals surface area contributed by atoms with E-state index in [0.717, 1.165) is 25.9 Å². The molecule has 1 heterocycles. The average Bonchev–Trinajstić information content (AvgIpc) is 2.46. The van der Waals surface area contributed by atoms with E-state index in [9.17, 15) is 14.7 Å². The van der Waals surface area contributed by atoms with Gasteiger partial charge in [-0.15, -0.1) is 0 Å². The topological polar surface area (TPSA) is 78.4 Å². The van der Waals surface area contributed by atoms with Gasteiger partial charge in [0.15, 0.2) is 6.04 Å². The van der Waals surface area contributed by atoms with Gasteiger partial charge in [-0.2, -0.15) is 0 Å². The highest BCUT2D eigenvalue weighted by Crippen LogP contribution is 2.17. The van der Waals surface area contributed by atoms with Crippen molar-refractivity contribution in [1.82, 2.24) is 10.6 Å². The first-order chi connectivity index (χ1) is 9.18. The molecule has 0 saturated carbocycles. The van der Waals surface area contributed by atoms with Crippen LogP contribution in [-0.4, -0.2) is 30.1 Å². The summed E-state index contributed by atoms with van der Waals surface area (Å²) in [5, 5.41) is 15.1. The third kappa shape index (κ3) is 3.54. The zero-order valence-corrected chi connectivity index (χ0v) is 10.6. The summed E-state index contributed by atoms with van der Waals surface area (Å²) in [5.41, 5.74) is 0.595. The number of benzene rings is 1. The summed E-state index contributed by atoms with van der Waals surface area (Å²) in [7, 11) is 0. The van der Waals surface area contributed by atoms with E-state index in [2.05, 4.69) is 10.6 Å². The normalized spacial score (nSPS) is 17.7. The molecule has 1 aliphatic heterocycles. The quantitative estimate of drug-likeness (QED) is 0.754. The van der Waals surface area contributed by atoms with Gasteiger partial charge < -0.3 is 15.7 Å². The molecule has 0 spiro atoms. The van der Waals surface area contributed by atoms with Crippen LogP contribution in [0.15, 0.2) is 30.3 Å². The molecule has 1 fully saturated rings. The van der Waals surface area contributed by atoms with Crippen LogP contribution in [0.3, 0.4) is 0 Å². The van der Waals surface area contributed by atoms with E-state index in [1.54, 1.807) is 24.3 Å². The van der Waals surface area contributed by atoms with Crippen LogP contribution in [-0.2, 0) is 9.59 Å². The molecule has 5 heteroatoms. The average molecular weight is 262 g/mol. The summed E-state index contributed by atoms with van der Waals surface area (Å²) in [4.78, 5) is 23.4. The Bertz CT molecular complexity index is 441. The Kier molecular flexibility index (Phi) is 4.52. The minimum Gasteiger partial charge on any atom is -0.479 e. The molecule has 102 valence electrons. The Morgan fingerprint density at radius 1 is 1.21 bits per heavy atom. The lowest BCUT2D eigenvalue weighted by molar-refractivity contribution is -0.142. The fourth-order valence-electron chi connectivity index (χ4n) is 2.28. The largest absolute Gasteiger partial charge is 0.479 e. The summed E-state index contributed by atoms with van der Waals surface area (Å²) in [6.07, 6.45) is 1.51. The van der Waals surface area contributed by atoms with Gasteiger partial charge in [-0.05, 0) is 31.5 Å². The van der Waals surface area contributed by atoms with Crippen molar-refractivity contribution in [1.29, 1.82) is 0 Å². The van der Waals surface area contributed by atoms with Crippen LogP contribution in [0.25, 0.3) is 0 Å². The summed E-state index contributed by atoms with van der Waals surface area (Å²) >= 11 is 0. The van der Waals surface area contributed by atoms with Gasteiger partial charge in [-0.1, -0.05) is 30.3 Å². The van der Waals surface area contributed by atoms with Crippen LogP contribution in [0.2, 0.25) is 0 Å². The lowest BCUT2D eigenvalue weighted by Crippen LogP contribution is -2.41. The molecule has 0 aliphatic carbocycles. The number of hydrogen-bond acceptors (Lipinski definition) is 3. The SMILES string of the molecule is O=C(N[C@@H](C(=O)O)c1ccccc1)C1CCNCC1. The van der Waals surface area contributed by atoms with E-state index >= 15 is 0 Å². The molecule has 1 amide bonds. The number of carboxylic acid groups (broad SMARTS) is 1. The number of carbonyl (C=O) groups excluding carboxylic acids is 1. The molecule has 1 aromatic rings. The van der Waals surface area contributed by atoms with Gasteiger partial charge in [0.2, 0.25) is 5.91 Å². The van der Waals surface area contributed by atoms with Crippen LogP contribution in [0.4, 0.5) is 0 Å². The fourth-order valence-corrected chi connectivity index (χ4v) is 2.28. The maximum atomic E-state index is 12.1. The third-order valence-electron chi connectivity index (χ3n) is 3.38. The number of nitrogens with one attached hydrogen (secondary N) is 2. The second kappa shape index (κ2) is 6.33. The van der Waals surface area contributed by atoms with Crippen molar-refractivity contribution < 1.29 is 14.7 Å². The molecule has 0 radical (unpaired) electrons. The lowest BCUT2D eigenvalue weighted by atomic mass is 9.96. The smallest absolute Gasteiger partial charge is 0.330 e. The van der Waals surface area contributed by atoms with Crippen LogP contribution >= 0.6 is 0 Å². The van der Waals surface area contributed by atoms with Crippen molar-refractivity contribution in [3.05, 3.63) is 35.9 Å². The maximum Gasteiger partial charge on any atom is 0.330 e. The molecular weight excluding hydrogens is 244 g/mol. The molecule has 3 N–H and O–H groups in total. The highest BCUT2D eigenvalue weighted by molar-refractivity contribution is 5.85. The lowest BCUT2D eigenvalue weighted by Gasteiger charge is -2.24. The summed E-state index contributed by atoms with van der Waals surface area (Å²) in [5.74, 6) is -1.29. The van der Waals surface area contributed by atoms with E-state index in [4.69, 9.17) is 0 Å². The molecule has 1 aromatic carbocycles. The second-order valence-electron chi connectivity index (χ2n) is 4.71. The minimum atomic E-state index is -1.03. The molecule has 1 aliphatic rings. The predicted molar refractivity (Wildman–Crippen MR) is 70.6 cm³/mol. The molecule has 0 aromatic heterocycles. The molecule has 0 bridgehead atoms. The molecule has 1 saturated heterocycles. The van der Waals surface area contributed by atoms with E-state index in [1.807, 2.05) is 6.07 Å². The number of carboxylic acids is 1. The van der Waals surface area contributed by atoms with Crippen molar-refractivity contribution in [2.75, 3.05) is 13.1 Å². The first kappa shape index (κ1) is 13.5. The second-order valence-corrected chi connectivity index (χ2v) is 4.71. The molecule has 2 rings (SSSR count). The summed E-state index contributed by atoms with van der Waals surface area (Å²) in [6, 6.07) is 7.80. The zero-order chi connectivity index (χ0) is 13.7. The predicted octanol–water partition coefficient (Wildman–Crippen LogP) is 0.928. The van der Waals surface area contributed by atoms with Gasteiger partial charge in [0, 0.05) is 5.92 Å². The molecule has 0 unspecified atom stereocenters. The Balaban J connectivity index is 2.04. The van der Waals surface area contributed by atoms with Crippen molar-refractivity contribution >= 4 is 11.9 Å². The van der Waals surface area contributed by atoms with Gasteiger partial charge in [0.25, 0.3) is 0 Å². The number of carbonyl (C=O) groups is 2. The molecular formula is C14H18N2O3. The van der Waals surface area contributed by atoms with Crippen molar-refractivity contribution in [3.63, 3.8) is 0 Å². The van der Waals surface area contributed by atoms with E-state index < -0.39 is 12.0 Å². The summed E-state index contributed by atoms with van der Waals surface area (Å²) < 4.78 is 0. The number of piperidine rings is 1. The highest BCUT2D eigenvalue weighted by Gasteiger charge is 2.27. The van der Waals surface area contributed by atoms with Crippen molar-refractivity contribution in [3.8, 4) is 0 Å². The number of aliphatic carboxylic acids is 1. The maximum absolute atomic E-state index is 12.1. The molecule has 1 atom stereocenters. The van der Waals surface area contributed by atoms with Crippen molar-refractivity contribution in [2.24, 2.45) is 5.92 Å². The summed E-state index contributed by atoms with van der Waals surface area (Å²) in [6.45, 7) is 1.61. The Hall–Kier alpha value is -1.88. The van der Waals surface area contributed by atoms with Gasteiger partial charge in [0.05, 0.1) is 0 Å². The standard InChI is InChI=1S/C14H18N2O3/c17-13(11-6-8-15-9-7-11)16-12(14(18)19)10-4-2-1-3-5-10/h1-5,11-12,15H,6-9H2,(H,16,17)(H,18,19)/t12-/m1/s1. The zero-order valence-electron chi connectivity index (χ0n) is 10.6. The minimum absolute atomic E-state index is 0.0909. The van der Waals surface area contributed by atoms with Crippen LogP contribution in [0, 0.1) is 5.92 Å². The Morgan fingerprint density at radius 2 is 1.84 bits per heavy atom. The first-order valence-electron chi connectivity index (χ1n) is 6.47. The Morgan fingerprint density at radius 3 is 2.42 bits per heavy atom. The third-order valence-corrected chi connectivity index (χ3v) is 3.38. The number of amides is 1. The monoisotopic (exact) mass is 262 g/mol. The van der Waals surface area contributed by atoms with E-state index in [1.165, 1.54) is 0 Å². The van der Waals surface area contributed by atoms with E-state index in [0.29, 0.717) is 5.56 Å². The van der Waals surface area contributed by atoms with Gasteiger partial charge in [-0.3, -0.25) is 4.79 Å². The van der Waals surface area contributed by atoms with Crippen molar-refractivity contribution in [2.45, 2.75) is 18.9 Å². The fraction of sp³-hybridized carbons (Fsp3) is 0.429. The van der Waals surface area contributed by atoms with Crippen LogP contribution in [0.5, 0.6) is 0 Å². The van der Waals surface area contributed by atoms with Gasteiger partial charge in [0.1, 0.15) is 0 Å². The van der Waals surface area contributed by atoms with Crippen LogP contribution in [0.1, 0.15) is 24.4 Å². The highest BCUT2D eigenvalue weighted by atomic mass is 16.4. The number of hydrogen-bond donors (Lipinski definition) is 3. The van der Waals surface area contributed by atoms with Gasteiger partial charge in [-0.25, -0.2) is 4.79 Å². The van der Waals surface area contributed by atoms with Gasteiger partial charge >= 0.3 is 5.97 Å². The number of rotatable bonds is 4. The Labute approximate surface area is 112 Å². The van der Waals surface area contributed by atoms with E-state index in [-0.39, 0.29) is 11.8 Å². The molecule has 5 nitrogen and oxygen atoms in total. The van der Waals surface area contributed by atoms with Crippen LogP contribution < -0.4 is 10.6 Å². The first-order valence-corrected chi connectivity index (χ1v) is 6.47. The molecule has 19 heavy (non-hydrogen) atoms.